The molecule has 1 fully saturated rings. The lowest BCUT2D eigenvalue weighted by Gasteiger charge is -2.23. The van der Waals surface area contributed by atoms with Gasteiger partial charge in [-0.2, -0.15) is 5.26 Å². The first-order valence-electron chi connectivity index (χ1n) is 5.89. The van der Waals surface area contributed by atoms with Crippen molar-refractivity contribution in [2.75, 3.05) is 13.7 Å². The van der Waals surface area contributed by atoms with Gasteiger partial charge in [-0.05, 0) is 19.3 Å². The van der Waals surface area contributed by atoms with Crippen LogP contribution < -0.4 is 5.32 Å². The summed E-state index contributed by atoms with van der Waals surface area (Å²) in [5, 5.41) is 12.1. The predicted octanol–water partition coefficient (Wildman–Crippen LogP) is 1.61. The molecule has 1 saturated carbocycles. The topological polar surface area (TPSA) is 62.1 Å². The van der Waals surface area contributed by atoms with Crippen molar-refractivity contribution in [3.63, 3.8) is 0 Å². The van der Waals surface area contributed by atoms with Crippen LogP contribution in [0.3, 0.4) is 0 Å². The SMILES string of the molecule is CCC(COC)NC(=O)C1(C#N)CCCC1. The summed E-state index contributed by atoms with van der Waals surface area (Å²) in [5.41, 5.74) is -0.777. The van der Waals surface area contributed by atoms with E-state index in [9.17, 15) is 4.79 Å². The second-order valence-corrected chi connectivity index (χ2v) is 4.43. The van der Waals surface area contributed by atoms with Gasteiger partial charge in [0.25, 0.3) is 0 Å². The molecule has 0 aromatic heterocycles. The van der Waals surface area contributed by atoms with Gasteiger partial charge in [-0.3, -0.25) is 4.79 Å². The number of ether oxygens (including phenoxy) is 1. The van der Waals surface area contributed by atoms with Crippen molar-refractivity contribution < 1.29 is 9.53 Å². The Morgan fingerprint density at radius 2 is 2.19 bits per heavy atom. The third kappa shape index (κ3) is 2.73. The van der Waals surface area contributed by atoms with Gasteiger partial charge in [0.05, 0.1) is 18.7 Å². The monoisotopic (exact) mass is 224 g/mol. The van der Waals surface area contributed by atoms with Crippen LogP contribution in [0.2, 0.25) is 0 Å². The van der Waals surface area contributed by atoms with Gasteiger partial charge in [0.2, 0.25) is 5.91 Å². The van der Waals surface area contributed by atoms with E-state index < -0.39 is 5.41 Å². The molecule has 4 heteroatoms. The highest BCUT2D eigenvalue weighted by molar-refractivity contribution is 5.85. The Morgan fingerprint density at radius 3 is 2.62 bits per heavy atom. The van der Waals surface area contributed by atoms with Gasteiger partial charge in [0.15, 0.2) is 0 Å². The molecule has 1 aliphatic carbocycles. The second-order valence-electron chi connectivity index (χ2n) is 4.43. The Hall–Kier alpha value is -1.08. The Bertz CT molecular complexity index is 277. The van der Waals surface area contributed by atoms with Crippen LogP contribution in [0.15, 0.2) is 0 Å². The van der Waals surface area contributed by atoms with E-state index in [1.54, 1.807) is 7.11 Å². The minimum atomic E-state index is -0.777. The Kier molecular flexibility index (Phi) is 4.75. The number of carbonyl (C=O) groups is 1. The molecule has 1 amide bonds. The standard InChI is InChI=1S/C12H20N2O2/c1-3-10(8-16-2)14-11(15)12(9-13)6-4-5-7-12/h10H,3-8H2,1-2H3,(H,14,15). The molecule has 0 radical (unpaired) electrons. The lowest BCUT2D eigenvalue weighted by molar-refractivity contribution is -0.129. The molecular weight excluding hydrogens is 204 g/mol. The van der Waals surface area contributed by atoms with Crippen LogP contribution in [0.25, 0.3) is 0 Å². The maximum atomic E-state index is 12.1. The number of nitrogens with one attached hydrogen (secondary N) is 1. The largest absolute Gasteiger partial charge is 0.383 e. The molecular formula is C12H20N2O2. The number of carbonyl (C=O) groups excluding carboxylic acids is 1. The Labute approximate surface area is 97.0 Å². The molecule has 0 heterocycles. The molecule has 0 saturated heterocycles. The fourth-order valence-corrected chi connectivity index (χ4v) is 2.15. The number of amides is 1. The molecule has 0 bridgehead atoms. The van der Waals surface area contributed by atoms with E-state index in [0.717, 1.165) is 19.3 Å². The highest BCUT2D eigenvalue weighted by atomic mass is 16.5. The zero-order chi connectivity index (χ0) is 12.0. The average Bonchev–Trinajstić information content (AvgIpc) is 2.78. The first kappa shape index (κ1) is 13.0. The van der Waals surface area contributed by atoms with E-state index in [1.165, 1.54) is 0 Å². The highest BCUT2D eigenvalue weighted by Crippen LogP contribution is 2.37. The van der Waals surface area contributed by atoms with Crippen LogP contribution in [-0.4, -0.2) is 25.7 Å². The van der Waals surface area contributed by atoms with E-state index in [0.29, 0.717) is 19.4 Å². The van der Waals surface area contributed by atoms with Gasteiger partial charge in [0, 0.05) is 7.11 Å². The number of hydrogen-bond donors (Lipinski definition) is 1. The summed E-state index contributed by atoms with van der Waals surface area (Å²) in [6.07, 6.45) is 4.16. The third-order valence-corrected chi connectivity index (χ3v) is 3.30. The molecule has 1 aliphatic rings. The smallest absolute Gasteiger partial charge is 0.240 e. The van der Waals surface area contributed by atoms with Gasteiger partial charge < -0.3 is 10.1 Å². The Morgan fingerprint density at radius 1 is 1.56 bits per heavy atom. The van der Waals surface area contributed by atoms with E-state index in [-0.39, 0.29) is 11.9 Å². The first-order valence-corrected chi connectivity index (χ1v) is 5.89. The van der Waals surface area contributed by atoms with Crippen molar-refractivity contribution in [3.05, 3.63) is 0 Å². The predicted molar refractivity (Wildman–Crippen MR) is 60.6 cm³/mol. The lowest BCUT2D eigenvalue weighted by atomic mass is 9.86. The molecule has 4 nitrogen and oxygen atoms in total. The minimum Gasteiger partial charge on any atom is -0.383 e. The van der Waals surface area contributed by atoms with Gasteiger partial charge in [-0.15, -0.1) is 0 Å². The summed E-state index contributed by atoms with van der Waals surface area (Å²) < 4.78 is 5.03. The fourth-order valence-electron chi connectivity index (χ4n) is 2.15. The molecule has 0 spiro atoms. The van der Waals surface area contributed by atoms with Gasteiger partial charge in [-0.25, -0.2) is 0 Å². The van der Waals surface area contributed by atoms with Gasteiger partial charge in [0.1, 0.15) is 5.41 Å². The van der Waals surface area contributed by atoms with Crippen LogP contribution in [0.4, 0.5) is 0 Å². The molecule has 1 atom stereocenters. The van der Waals surface area contributed by atoms with E-state index in [1.807, 2.05) is 6.92 Å². The van der Waals surface area contributed by atoms with Crippen molar-refractivity contribution in [2.45, 2.75) is 45.1 Å². The fraction of sp³-hybridized carbons (Fsp3) is 0.833. The molecule has 0 aromatic carbocycles. The maximum Gasteiger partial charge on any atom is 0.240 e. The van der Waals surface area contributed by atoms with Gasteiger partial charge in [-0.1, -0.05) is 19.8 Å². The molecule has 90 valence electrons. The van der Waals surface area contributed by atoms with E-state index in [2.05, 4.69) is 11.4 Å². The van der Waals surface area contributed by atoms with Crippen molar-refractivity contribution in [3.8, 4) is 6.07 Å². The quantitative estimate of drug-likeness (QED) is 0.771. The summed E-state index contributed by atoms with van der Waals surface area (Å²) in [5.74, 6) is -0.114. The molecule has 1 unspecified atom stereocenters. The van der Waals surface area contributed by atoms with Crippen LogP contribution >= 0.6 is 0 Å². The summed E-state index contributed by atoms with van der Waals surface area (Å²) in [4.78, 5) is 12.1. The van der Waals surface area contributed by atoms with Crippen LogP contribution in [-0.2, 0) is 9.53 Å². The zero-order valence-corrected chi connectivity index (χ0v) is 10.1. The van der Waals surface area contributed by atoms with Crippen LogP contribution in [0, 0.1) is 16.7 Å². The maximum absolute atomic E-state index is 12.1. The summed E-state index contributed by atoms with van der Waals surface area (Å²) in [7, 11) is 1.62. The number of nitriles is 1. The highest BCUT2D eigenvalue weighted by Gasteiger charge is 2.41. The summed E-state index contributed by atoms with van der Waals surface area (Å²) in [6.45, 7) is 2.50. The summed E-state index contributed by atoms with van der Waals surface area (Å²) in [6, 6.07) is 2.21. The summed E-state index contributed by atoms with van der Waals surface area (Å²) >= 11 is 0. The van der Waals surface area contributed by atoms with E-state index >= 15 is 0 Å². The molecule has 0 aliphatic heterocycles. The lowest BCUT2D eigenvalue weighted by Crippen LogP contribution is -2.45. The minimum absolute atomic E-state index is 0.0170. The van der Waals surface area contributed by atoms with E-state index in [4.69, 9.17) is 10.00 Å². The number of hydrogen-bond acceptors (Lipinski definition) is 3. The number of methoxy groups -OCH3 is 1. The number of nitrogens with zero attached hydrogens (tertiary/aromatic N) is 1. The van der Waals surface area contributed by atoms with Crippen molar-refractivity contribution in [1.82, 2.24) is 5.32 Å². The third-order valence-electron chi connectivity index (χ3n) is 3.30. The normalized spacial score (nSPS) is 20.1. The van der Waals surface area contributed by atoms with Crippen LogP contribution in [0.1, 0.15) is 39.0 Å². The van der Waals surface area contributed by atoms with Crippen molar-refractivity contribution in [2.24, 2.45) is 5.41 Å². The first-order chi connectivity index (χ1) is 7.68. The molecule has 1 N–H and O–H groups in total. The van der Waals surface area contributed by atoms with Gasteiger partial charge >= 0.3 is 0 Å². The Balaban J connectivity index is 2.59. The second kappa shape index (κ2) is 5.86. The molecule has 0 aromatic rings. The average molecular weight is 224 g/mol. The molecule has 1 rings (SSSR count). The zero-order valence-electron chi connectivity index (χ0n) is 10.1. The number of rotatable bonds is 5. The van der Waals surface area contributed by atoms with Crippen molar-refractivity contribution >= 4 is 5.91 Å². The molecule has 16 heavy (non-hydrogen) atoms. The van der Waals surface area contributed by atoms with Crippen LogP contribution in [0.5, 0.6) is 0 Å². The van der Waals surface area contributed by atoms with Crippen molar-refractivity contribution in [1.29, 1.82) is 5.26 Å².